The van der Waals surface area contributed by atoms with Gasteiger partial charge in [-0.15, -0.1) is 0 Å². The zero-order valence-electron chi connectivity index (χ0n) is 5.94. The van der Waals surface area contributed by atoms with Crippen molar-refractivity contribution in [2.24, 2.45) is 0 Å². The average Bonchev–Trinajstić information content (AvgIpc) is 2.07. The minimum absolute atomic E-state index is 0.0841. The second kappa shape index (κ2) is 4.46. The van der Waals surface area contributed by atoms with Crippen LogP contribution in [0.2, 0.25) is 5.02 Å². The van der Waals surface area contributed by atoms with Crippen molar-refractivity contribution in [1.82, 2.24) is 0 Å². The van der Waals surface area contributed by atoms with E-state index in [1.807, 2.05) is 0 Å². The monoisotopic (exact) mass is 438 g/mol. The molecule has 0 atom stereocenters. The first-order chi connectivity index (χ1) is 5.95. The van der Waals surface area contributed by atoms with Gasteiger partial charge < -0.3 is 5.11 Å². The molecule has 0 bridgehead atoms. The highest BCUT2D eigenvalue weighted by atomic mass is 127. The molecule has 1 N–H and O–H groups in total. The molecule has 0 spiro atoms. The predicted octanol–water partition coefficient (Wildman–Crippen LogP) is 4.17. The van der Waals surface area contributed by atoms with Crippen LogP contribution in [0.1, 0.15) is 10.4 Å². The predicted molar refractivity (Wildman–Crippen MR) is 66.5 cm³/mol. The molecule has 6 heteroatoms. The molecular formula is C7H2Br2ClIO2. The topological polar surface area (TPSA) is 37.3 Å². The zero-order chi connectivity index (χ0) is 10.2. The lowest BCUT2D eigenvalue weighted by atomic mass is 10.2. The molecule has 70 valence electrons. The van der Waals surface area contributed by atoms with E-state index in [9.17, 15) is 4.79 Å². The highest BCUT2D eigenvalue weighted by molar-refractivity contribution is 14.1. The number of rotatable bonds is 1. The van der Waals surface area contributed by atoms with Crippen LogP contribution in [-0.4, -0.2) is 11.1 Å². The van der Waals surface area contributed by atoms with Crippen molar-refractivity contribution in [1.29, 1.82) is 0 Å². The molecule has 0 saturated carbocycles. The number of aromatic carboxylic acids is 1. The maximum Gasteiger partial charge on any atom is 0.337 e. The van der Waals surface area contributed by atoms with Crippen LogP contribution >= 0.6 is 66.1 Å². The molecule has 0 aromatic heterocycles. The zero-order valence-corrected chi connectivity index (χ0v) is 12.0. The molecule has 0 radical (unpaired) electrons. The number of carbonyl (C=O) groups is 1. The van der Waals surface area contributed by atoms with E-state index in [1.54, 1.807) is 0 Å². The fourth-order valence-electron chi connectivity index (χ4n) is 0.728. The third-order valence-corrected chi connectivity index (χ3v) is 5.98. The van der Waals surface area contributed by atoms with Gasteiger partial charge in [0.25, 0.3) is 0 Å². The van der Waals surface area contributed by atoms with E-state index >= 15 is 0 Å². The van der Waals surface area contributed by atoms with Crippen LogP contribution in [0.3, 0.4) is 0 Å². The van der Waals surface area contributed by atoms with Crippen LogP contribution in [-0.2, 0) is 0 Å². The van der Waals surface area contributed by atoms with Gasteiger partial charge in [0.2, 0.25) is 0 Å². The molecule has 1 aromatic rings. The van der Waals surface area contributed by atoms with Crippen molar-refractivity contribution in [2.75, 3.05) is 0 Å². The van der Waals surface area contributed by atoms with Gasteiger partial charge in [0.05, 0.1) is 15.1 Å². The molecule has 2 nitrogen and oxygen atoms in total. The summed E-state index contributed by atoms with van der Waals surface area (Å²) in [6, 6.07) is 1.48. The van der Waals surface area contributed by atoms with Crippen LogP contribution in [0.25, 0.3) is 0 Å². The Morgan fingerprint density at radius 2 is 2.08 bits per heavy atom. The molecule has 1 aromatic carbocycles. The lowest BCUT2D eigenvalue weighted by molar-refractivity contribution is 0.0697. The Labute approximate surface area is 110 Å². The maximum atomic E-state index is 10.7. The smallest absolute Gasteiger partial charge is 0.337 e. The van der Waals surface area contributed by atoms with Crippen LogP contribution < -0.4 is 0 Å². The summed E-state index contributed by atoms with van der Waals surface area (Å²) in [4.78, 5) is 10.7. The first-order valence-corrected chi connectivity index (χ1v) is 6.05. The van der Waals surface area contributed by atoms with E-state index in [0.717, 1.165) is 3.57 Å². The number of hydrogen-bond donors (Lipinski definition) is 1. The van der Waals surface area contributed by atoms with Gasteiger partial charge in [0, 0.05) is 8.04 Å². The minimum atomic E-state index is -1.04. The maximum absolute atomic E-state index is 10.7. The summed E-state index contributed by atoms with van der Waals surface area (Å²) in [6.07, 6.45) is 0. The Morgan fingerprint density at radius 3 is 2.54 bits per heavy atom. The first-order valence-electron chi connectivity index (χ1n) is 3.01. The normalized spacial score (nSPS) is 10.2. The third kappa shape index (κ3) is 2.37. The standard InChI is InChI=1S/C7H2Br2ClIO2/c8-3-1-2(7(12)13)5(10)4(9)6(3)11/h1H,(H,12,13). The minimum Gasteiger partial charge on any atom is -0.478 e. The molecule has 13 heavy (non-hydrogen) atoms. The first kappa shape index (κ1) is 11.7. The van der Waals surface area contributed by atoms with Gasteiger partial charge in [0.1, 0.15) is 0 Å². The van der Waals surface area contributed by atoms with Crippen LogP contribution in [0.15, 0.2) is 15.0 Å². The average molecular weight is 440 g/mol. The van der Waals surface area contributed by atoms with E-state index in [0.29, 0.717) is 8.95 Å². The summed E-state index contributed by atoms with van der Waals surface area (Å²) in [5, 5.41) is 9.00. The van der Waals surface area contributed by atoms with Crippen molar-refractivity contribution >= 4 is 72.0 Å². The van der Waals surface area contributed by atoms with Crippen molar-refractivity contribution in [3.05, 3.63) is 29.2 Å². The van der Waals surface area contributed by atoms with Gasteiger partial charge in [-0.2, -0.15) is 0 Å². The Hall–Kier alpha value is 0.670. The molecule has 0 saturated heterocycles. The highest BCUT2D eigenvalue weighted by Gasteiger charge is 2.16. The van der Waals surface area contributed by atoms with E-state index in [-0.39, 0.29) is 10.6 Å². The quantitative estimate of drug-likeness (QED) is 0.405. The van der Waals surface area contributed by atoms with Crippen molar-refractivity contribution in [3.8, 4) is 0 Å². The second-order valence-electron chi connectivity index (χ2n) is 2.15. The molecule has 0 amide bonds. The largest absolute Gasteiger partial charge is 0.478 e. The van der Waals surface area contributed by atoms with E-state index in [4.69, 9.17) is 16.7 Å². The van der Waals surface area contributed by atoms with Gasteiger partial charge in [-0.1, -0.05) is 11.6 Å². The van der Waals surface area contributed by atoms with E-state index < -0.39 is 5.97 Å². The molecular weight excluding hydrogens is 438 g/mol. The molecule has 0 aliphatic rings. The molecule has 0 heterocycles. The van der Waals surface area contributed by atoms with Crippen LogP contribution in [0.4, 0.5) is 0 Å². The van der Waals surface area contributed by atoms with Gasteiger partial charge in [-0.05, 0) is 60.5 Å². The van der Waals surface area contributed by atoms with Gasteiger partial charge in [-0.25, -0.2) is 4.79 Å². The van der Waals surface area contributed by atoms with Crippen molar-refractivity contribution in [3.63, 3.8) is 0 Å². The van der Waals surface area contributed by atoms with Gasteiger partial charge >= 0.3 is 5.97 Å². The Morgan fingerprint density at radius 1 is 1.54 bits per heavy atom. The molecule has 0 aliphatic carbocycles. The molecule has 0 aliphatic heterocycles. The fourth-order valence-corrected chi connectivity index (χ4v) is 2.66. The number of halogens is 4. The second-order valence-corrected chi connectivity index (χ2v) is 5.26. The summed E-state index contributed by atoms with van der Waals surface area (Å²) in [5.41, 5.74) is 0.0841. The van der Waals surface area contributed by atoms with Gasteiger partial charge in [0.15, 0.2) is 0 Å². The fraction of sp³-hybridized carbons (Fsp3) is 0. The summed E-state index contributed by atoms with van der Waals surface area (Å²) in [7, 11) is 0. The Bertz CT molecular complexity index is 381. The summed E-state index contributed by atoms with van der Waals surface area (Å²) >= 11 is 14.3. The number of carboxylic acid groups (broad SMARTS) is 1. The number of benzene rings is 1. The van der Waals surface area contributed by atoms with E-state index in [1.165, 1.54) is 6.07 Å². The van der Waals surface area contributed by atoms with Crippen LogP contribution in [0.5, 0.6) is 0 Å². The Balaban J connectivity index is 3.50. The van der Waals surface area contributed by atoms with Gasteiger partial charge in [-0.3, -0.25) is 0 Å². The van der Waals surface area contributed by atoms with Crippen molar-refractivity contribution in [2.45, 2.75) is 0 Å². The summed E-state index contributed by atoms with van der Waals surface area (Å²) in [5.74, 6) is -1.04. The lowest BCUT2D eigenvalue weighted by Crippen LogP contribution is -1.99. The SMILES string of the molecule is O=C(O)c1cc(Br)c(I)c(Br)c1Cl. The Kier molecular flexibility index (Phi) is 4.03. The molecule has 1 rings (SSSR count). The summed E-state index contributed by atoms with van der Waals surface area (Å²) in [6.45, 7) is 0. The van der Waals surface area contributed by atoms with E-state index in [2.05, 4.69) is 54.5 Å². The summed E-state index contributed by atoms with van der Waals surface area (Å²) < 4.78 is 2.16. The molecule has 0 unspecified atom stereocenters. The number of hydrogen-bond acceptors (Lipinski definition) is 1. The lowest BCUT2D eigenvalue weighted by Gasteiger charge is -2.05. The number of carboxylic acids is 1. The third-order valence-electron chi connectivity index (χ3n) is 1.33. The highest BCUT2D eigenvalue weighted by Crippen LogP contribution is 2.35. The molecule has 0 fully saturated rings. The van der Waals surface area contributed by atoms with Crippen molar-refractivity contribution < 1.29 is 9.90 Å². The van der Waals surface area contributed by atoms with Crippen LogP contribution in [0, 0.1) is 3.57 Å².